The summed E-state index contributed by atoms with van der Waals surface area (Å²) >= 11 is 0. The Morgan fingerprint density at radius 2 is 1.81 bits per heavy atom. The zero-order valence-corrected chi connectivity index (χ0v) is 23.8. The molecular formula is C30H35N7O5. The molecule has 2 aromatic heterocycles. The molecule has 0 aliphatic carbocycles. The fourth-order valence-electron chi connectivity index (χ4n) is 5.24. The molecule has 0 radical (unpaired) electrons. The quantitative estimate of drug-likeness (QED) is 0.303. The van der Waals surface area contributed by atoms with Gasteiger partial charge in [0, 0.05) is 49.5 Å². The van der Waals surface area contributed by atoms with Gasteiger partial charge in [0.05, 0.1) is 6.54 Å². The molecule has 2 saturated heterocycles. The molecule has 1 unspecified atom stereocenters. The Balaban J connectivity index is 1.41. The first-order chi connectivity index (χ1) is 20.3. The molecule has 3 aromatic rings. The Hall–Kier alpha value is -4.74. The van der Waals surface area contributed by atoms with Crippen LogP contribution in [-0.4, -0.2) is 83.6 Å². The standard InChI is InChI=1S/C30H35N7O5/c1-19-15-21-16-22(8-9-25(21)42-19)33-30(35-27(39)20-10-11-32-24(17-20)28(40)31-2)34-23-7-3-4-14-37(29(23)41)18-26(38)36-12-5-6-13-36/h8-11,15-17,23H,3-7,12-14,18H2,1-2H3,(H,31,40)(H2,33,34,35,39). The number of aliphatic imine (C=N–C) groups is 1. The van der Waals surface area contributed by atoms with E-state index in [9.17, 15) is 19.2 Å². The molecular weight excluding hydrogens is 538 g/mol. The van der Waals surface area contributed by atoms with Crippen molar-refractivity contribution < 1.29 is 23.6 Å². The van der Waals surface area contributed by atoms with Crippen LogP contribution in [0, 0.1) is 6.92 Å². The van der Waals surface area contributed by atoms with E-state index < -0.39 is 17.9 Å². The predicted octanol–water partition coefficient (Wildman–Crippen LogP) is 2.70. The number of guanidine groups is 1. The van der Waals surface area contributed by atoms with Crippen molar-refractivity contribution in [3.05, 3.63) is 59.6 Å². The number of fused-ring (bicyclic) bond motifs is 1. The van der Waals surface area contributed by atoms with Gasteiger partial charge in [0.2, 0.25) is 17.8 Å². The Labute approximate surface area is 243 Å². The number of carbonyl (C=O) groups excluding carboxylic acids is 4. The number of aryl methyl sites for hydroxylation is 1. The van der Waals surface area contributed by atoms with E-state index in [4.69, 9.17) is 9.41 Å². The van der Waals surface area contributed by atoms with E-state index in [0.717, 1.165) is 55.5 Å². The minimum Gasteiger partial charge on any atom is -0.461 e. The Morgan fingerprint density at radius 1 is 1.02 bits per heavy atom. The lowest BCUT2D eigenvalue weighted by molar-refractivity contribution is -0.140. The van der Waals surface area contributed by atoms with Crippen molar-refractivity contribution >= 4 is 46.2 Å². The number of likely N-dealkylation sites (tertiary alicyclic amines) is 2. The molecule has 12 heteroatoms. The molecule has 0 spiro atoms. The van der Waals surface area contributed by atoms with Crippen molar-refractivity contribution in [1.29, 1.82) is 0 Å². The van der Waals surface area contributed by atoms with Gasteiger partial charge in [0.25, 0.3) is 11.8 Å². The molecule has 5 rings (SSSR count). The lowest BCUT2D eigenvalue weighted by Gasteiger charge is -2.25. The highest BCUT2D eigenvalue weighted by molar-refractivity contribution is 6.11. The summed E-state index contributed by atoms with van der Waals surface area (Å²) < 4.78 is 5.67. The van der Waals surface area contributed by atoms with Crippen LogP contribution >= 0.6 is 0 Å². The third kappa shape index (κ3) is 6.76. The van der Waals surface area contributed by atoms with Crippen LogP contribution in [0.5, 0.6) is 0 Å². The molecule has 4 heterocycles. The molecule has 3 N–H and O–H groups in total. The van der Waals surface area contributed by atoms with Crippen molar-refractivity contribution in [3.63, 3.8) is 0 Å². The summed E-state index contributed by atoms with van der Waals surface area (Å²) in [5, 5.41) is 9.29. The van der Waals surface area contributed by atoms with Crippen molar-refractivity contribution in [1.82, 2.24) is 25.4 Å². The molecule has 2 aliphatic rings. The maximum atomic E-state index is 13.6. The number of aromatic nitrogens is 1. The average Bonchev–Trinajstić information content (AvgIpc) is 3.63. The van der Waals surface area contributed by atoms with Gasteiger partial charge >= 0.3 is 0 Å². The van der Waals surface area contributed by atoms with E-state index in [1.54, 1.807) is 15.9 Å². The maximum Gasteiger partial charge on any atom is 0.269 e. The number of rotatable bonds is 6. The third-order valence-corrected chi connectivity index (χ3v) is 7.44. The number of benzene rings is 1. The van der Waals surface area contributed by atoms with Gasteiger partial charge in [-0.2, -0.15) is 0 Å². The van der Waals surface area contributed by atoms with Crippen LogP contribution in [0.15, 0.2) is 52.0 Å². The summed E-state index contributed by atoms with van der Waals surface area (Å²) in [6, 6.07) is 9.44. The zero-order chi connectivity index (χ0) is 29.6. The van der Waals surface area contributed by atoms with Gasteiger partial charge in [-0.05, 0) is 75.4 Å². The van der Waals surface area contributed by atoms with Gasteiger partial charge in [0.1, 0.15) is 23.1 Å². The third-order valence-electron chi connectivity index (χ3n) is 7.44. The topological polar surface area (TPSA) is 149 Å². The Kier molecular flexibility index (Phi) is 8.80. The van der Waals surface area contributed by atoms with Gasteiger partial charge in [-0.15, -0.1) is 0 Å². The summed E-state index contributed by atoms with van der Waals surface area (Å²) in [5.41, 5.74) is 1.64. The van der Waals surface area contributed by atoms with Crippen molar-refractivity contribution in [2.24, 2.45) is 4.99 Å². The lowest BCUT2D eigenvalue weighted by Crippen LogP contribution is -2.45. The summed E-state index contributed by atoms with van der Waals surface area (Å²) in [5.74, 6) is -0.416. The second kappa shape index (κ2) is 12.8. The average molecular weight is 574 g/mol. The number of pyridine rings is 1. The Bertz CT molecular complexity index is 1530. The van der Waals surface area contributed by atoms with Crippen LogP contribution in [-0.2, 0) is 9.59 Å². The van der Waals surface area contributed by atoms with Crippen LogP contribution < -0.4 is 16.0 Å². The lowest BCUT2D eigenvalue weighted by atomic mass is 10.1. The van der Waals surface area contributed by atoms with Crippen molar-refractivity contribution in [2.75, 3.05) is 38.5 Å². The second-order valence-corrected chi connectivity index (χ2v) is 10.5. The molecule has 1 atom stereocenters. The molecule has 0 saturated carbocycles. The molecule has 220 valence electrons. The first-order valence-electron chi connectivity index (χ1n) is 14.2. The number of nitrogens with one attached hydrogen (secondary N) is 3. The van der Waals surface area contributed by atoms with Gasteiger partial charge in [-0.1, -0.05) is 0 Å². The number of carbonyl (C=O) groups is 4. The van der Waals surface area contributed by atoms with Crippen molar-refractivity contribution in [2.45, 2.75) is 45.1 Å². The summed E-state index contributed by atoms with van der Waals surface area (Å²) in [6.07, 6.45) is 5.32. The number of amides is 4. The van der Waals surface area contributed by atoms with E-state index in [-0.39, 0.29) is 35.6 Å². The molecule has 2 fully saturated rings. The van der Waals surface area contributed by atoms with Crippen LogP contribution in [0.25, 0.3) is 11.0 Å². The highest BCUT2D eigenvalue weighted by atomic mass is 16.3. The van der Waals surface area contributed by atoms with Crippen LogP contribution in [0.1, 0.15) is 58.7 Å². The van der Waals surface area contributed by atoms with Crippen LogP contribution in [0.4, 0.5) is 5.69 Å². The SMILES string of the molecule is CNC(=O)c1cc(C(=O)NC(=NC2CCCCN(CC(=O)N3CCCC3)C2=O)Nc2ccc3oc(C)cc3c2)ccn1. The number of furan rings is 1. The van der Waals surface area contributed by atoms with E-state index in [2.05, 4.69) is 20.9 Å². The number of hydrogen-bond acceptors (Lipinski definition) is 7. The van der Waals surface area contributed by atoms with E-state index in [1.165, 1.54) is 25.4 Å². The van der Waals surface area contributed by atoms with Crippen LogP contribution in [0.3, 0.4) is 0 Å². The highest BCUT2D eigenvalue weighted by Gasteiger charge is 2.30. The minimum absolute atomic E-state index is 0.0236. The fourth-order valence-corrected chi connectivity index (χ4v) is 5.24. The largest absolute Gasteiger partial charge is 0.461 e. The zero-order valence-electron chi connectivity index (χ0n) is 23.8. The molecule has 12 nitrogen and oxygen atoms in total. The number of nitrogens with zero attached hydrogens (tertiary/aromatic N) is 4. The first kappa shape index (κ1) is 28.8. The monoisotopic (exact) mass is 573 g/mol. The van der Waals surface area contributed by atoms with Gasteiger partial charge in [0.15, 0.2) is 0 Å². The number of anilines is 1. The Morgan fingerprint density at radius 3 is 2.60 bits per heavy atom. The van der Waals surface area contributed by atoms with Crippen molar-refractivity contribution in [3.8, 4) is 0 Å². The van der Waals surface area contributed by atoms with Gasteiger partial charge in [-0.3, -0.25) is 29.5 Å². The predicted molar refractivity (Wildman–Crippen MR) is 157 cm³/mol. The molecule has 4 amide bonds. The van der Waals surface area contributed by atoms with E-state index in [0.29, 0.717) is 18.7 Å². The first-order valence-corrected chi connectivity index (χ1v) is 14.2. The molecule has 0 bridgehead atoms. The molecule has 1 aromatic carbocycles. The summed E-state index contributed by atoms with van der Waals surface area (Å²) in [7, 11) is 1.48. The smallest absolute Gasteiger partial charge is 0.269 e. The van der Waals surface area contributed by atoms with Gasteiger partial charge < -0.3 is 24.9 Å². The second-order valence-electron chi connectivity index (χ2n) is 10.5. The summed E-state index contributed by atoms with van der Waals surface area (Å²) in [6.45, 7) is 3.81. The normalized spacial score (nSPS) is 17.7. The minimum atomic E-state index is -0.791. The van der Waals surface area contributed by atoms with E-state index >= 15 is 0 Å². The van der Waals surface area contributed by atoms with Crippen LogP contribution in [0.2, 0.25) is 0 Å². The highest BCUT2D eigenvalue weighted by Crippen LogP contribution is 2.23. The maximum absolute atomic E-state index is 13.6. The fraction of sp³-hybridized carbons (Fsp3) is 0.400. The molecule has 42 heavy (non-hydrogen) atoms. The van der Waals surface area contributed by atoms with Gasteiger partial charge in [-0.25, -0.2) is 4.99 Å². The molecule has 2 aliphatic heterocycles. The number of hydrogen-bond donors (Lipinski definition) is 3. The van der Waals surface area contributed by atoms with E-state index in [1.807, 2.05) is 25.1 Å². The summed E-state index contributed by atoms with van der Waals surface area (Å²) in [4.78, 5) is 63.9.